The van der Waals surface area contributed by atoms with Crippen molar-refractivity contribution in [2.75, 3.05) is 11.9 Å². The molecule has 2 fully saturated rings. The van der Waals surface area contributed by atoms with Gasteiger partial charge < -0.3 is 10.6 Å². The van der Waals surface area contributed by atoms with E-state index in [4.69, 9.17) is 0 Å². The average Bonchev–Trinajstić information content (AvgIpc) is 3.51. The van der Waals surface area contributed by atoms with Gasteiger partial charge >= 0.3 is 6.18 Å². The number of aromatic nitrogens is 6. The number of hydrogen-bond donors (Lipinski definition) is 2. The van der Waals surface area contributed by atoms with Crippen LogP contribution in [0.3, 0.4) is 0 Å². The smallest absolute Gasteiger partial charge is 0.356 e. The third kappa shape index (κ3) is 4.22. The van der Waals surface area contributed by atoms with Gasteiger partial charge in [-0.05, 0) is 50.7 Å². The van der Waals surface area contributed by atoms with Crippen molar-refractivity contribution in [3.8, 4) is 5.82 Å². The highest BCUT2D eigenvalue weighted by Crippen LogP contribution is 2.44. The van der Waals surface area contributed by atoms with Crippen LogP contribution in [0.1, 0.15) is 59.0 Å². The van der Waals surface area contributed by atoms with E-state index in [-0.39, 0.29) is 23.4 Å². The second-order valence-corrected chi connectivity index (χ2v) is 9.23. The quantitative estimate of drug-likeness (QED) is 0.565. The molecule has 4 heterocycles. The number of rotatable bonds is 4. The predicted molar refractivity (Wildman–Crippen MR) is 121 cm³/mol. The van der Waals surface area contributed by atoms with Crippen molar-refractivity contribution >= 4 is 17.5 Å². The number of anilines is 1. The molecule has 3 unspecified atom stereocenters. The maximum absolute atomic E-state index is 14.3. The van der Waals surface area contributed by atoms with Gasteiger partial charge in [0, 0.05) is 12.5 Å². The molecule has 2 amide bonds. The third-order valence-corrected chi connectivity index (χ3v) is 7.00. The number of nitrogens with zero attached hydrogens (tertiary/aromatic N) is 6. The van der Waals surface area contributed by atoms with Crippen LogP contribution in [0.2, 0.25) is 0 Å². The maximum atomic E-state index is 14.3. The fourth-order valence-electron chi connectivity index (χ4n) is 5.36. The van der Waals surface area contributed by atoms with Gasteiger partial charge in [-0.1, -0.05) is 6.42 Å². The Hall–Kier alpha value is -3.77. The molecule has 13 heteroatoms. The molecule has 2 aliphatic rings. The zero-order chi connectivity index (χ0) is 25.6. The Bertz CT molecular complexity index is 1300. The number of pyridine rings is 1. The summed E-state index contributed by atoms with van der Waals surface area (Å²) in [6.07, 6.45) is 1.42. The Morgan fingerprint density at radius 3 is 2.61 bits per heavy atom. The van der Waals surface area contributed by atoms with E-state index in [0.29, 0.717) is 49.3 Å². The van der Waals surface area contributed by atoms with Crippen LogP contribution < -0.4 is 10.6 Å². The Balaban J connectivity index is 1.47. The van der Waals surface area contributed by atoms with Crippen molar-refractivity contribution in [1.29, 1.82) is 0 Å². The van der Waals surface area contributed by atoms with Gasteiger partial charge in [0.1, 0.15) is 0 Å². The first kappa shape index (κ1) is 23.9. The van der Waals surface area contributed by atoms with Crippen molar-refractivity contribution in [3.63, 3.8) is 0 Å². The van der Waals surface area contributed by atoms with Crippen molar-refractivity contribution in [2.24, 2.45) is 11.8 Å². The average molecular weight is 503 g/mol. The number of aryl methyl sites for hydroxylation is 2. The molecule has 0 radical (unpaired) electrons. The van der Waals surface area contributed by atoms with Crippen LogP contribution >= 0.6 is 0 Å². The van der Waals surface area contributed by atoms with E-state index in [2.05, 4.69) is 30.9 Å². The summed E-state index contributed by atoms with van der Waals surface area (Å²) in [6, 6.07) is 1.00. The summed E-state index contributed by atoms with van der Waals surface area (Å²) >= 11 is 0. The summed E-state index contributed by atoms with van der Waals surface area (Å²) in [5.41, 5.74) is -0.375. The maximum Gasteiger partial charge on any atom is 0.433 e. The van der Waals surface area contributed by atoms with Gasteiger partial charge in [-0.15, -0.1) is 4.80 Å². The number of amides is 2. The predicted octanol–water partition coefficient (Wildman–Crippen LogP) is 3.22. The lowest BCUT2D eigenvalue weighted by atomic mass is 9.72. The number of carbonyl (C=O) groups excluding carboxylic acids is 2. The first-order valence-electron chi connectivity index (χ1n) is 11.7. The summed E-state index contributed by atoms with van der Waals surface area (Å²) in [5, 5.41) is 17.5. The highest BCUT2D eigenvalue weighted by Gasteiger charge is 2.46. The molecule has 0 aromatic carbocycles. The molecule has 1 saturated carbocycles. The summed E-state index contributed by atoms with van der Waals surface area (Å²) in [7, 11) is 0. The van der Waals surface area contributed by atoms with Gasteiger partial charge in [-0.2, -0.15) is 28.5 Å². The SMILES string of the molecule is Cc1cc(NC(=O)c2cnn(C3CCCC4C(=O)NCCC43)c2C(F)(F)F)c(C)nc1-n1nccn1. The Morgan fingerprint density at radius 2 is 1.89 bits per heavy atom. The molecular formula is C23H25F3N8O2. The van der Waals surface area contributed by atoms with Crippen molar-refractivity contribution in [1.82, 2.24) is 35.1 Å². The van der Waals surface area contributed by atoms with Crippen LogP contribution in [0, 0.1) is 25.7 Å². The van der Waals surface area contributed by atoms with E-state index in [1.165, 1.54) is 17.2 Å². The Labute approximate surface area is 204 Å². The number of alkyl halides is 3. The zero-order valence-corrected chi connectivity index (χ0v) is 19.7. The van der Waals surface area contributed by atoms with Gasteiger partial charge in [-0.25, -0.2) is 4.98 Å². The van der Waals surface area contributed by atoms with Crippen LogP contribution in [0.4, 0.5) is 18.9 Å². The second-order valence-electron chi connectivity index (χ2n) is 9.23. The minimum atomic E-state index is -4.81. The van der Waals surface area contributed by atoms with E-state index < -0.39 is 29.4 Å². The first-order chi connectivity index (χ1) is 17.1. The minimum absolute atomic E-state index is 0.123. The molecule has 36 heavy (non-hydrogen) atoms. The second kappa shape index (κ2) is 9.03. The molecule has 1 saturated heterocycles. The third-order valence-electron chi connectivity index (χ3n) is 7.00. The summed E-state index contributed by atoms with van der Waals surface area (Å²) in [4.78, 5) is 31.2. The number of fused-ring (bicyclic) bond motifs is 1. The largest absolute Gasteiger partial charge is 0.433 e. The molecule has 1 aliphatic carbocycles. The van der Waals surface area contributed by atoms with Crippen molar-refractivity contribution < 1.29 is 22.8 Å². The number of piperidine rings is 1. The highest BCUT2D eigenvalue weighted by molar-refractivity contribution is 6.05. The first-order valence-corrected chi connectivity index (χ1v) is 11.7. The number of halogens is 3. The van der Waals surface area contributed by atoms with E-state index in [1.807, 2.05) is 0 Å². The van der Waals surface area contributed by atoms with Crippen LogP contribution in [-0.4, -0.2) is 48.1 Å². The minimum Gasteiger partial charge on any atom is -0.356 e. The molecular weight excluding hydrogens is 477 g/mol. The molecule has 3 aromatic rings. The fraction of sp³-hybridized carbons (Fsp3) is 0.478. The Kier molecular flexibility index (Phi) is 6.00. The van der Waals surface area contributed by atoms with Crippen molar-refractivity contribution in [2.45, 2.75) is 51.7 Å². The summed E-state index contributed by atoms with van der Waals surface area (Å²) < 4.78 is 43.8. The van der Waals surface area contributed by atoms with Gasteiger partial charge in [0.15, 0.2) is 11.5 Å². The molecule has 5 rings (SSSR count). The van der Waals surface area contributed by atoms with E-state index in [0.717, 1.165) is 10.9 Å². The molecule has 2 N–H and O–H groups in total. The topological polar surface area (TPSA) is 120 Å². The number of nitrogens with one attached hydrogen (secondary N) is 2. The van der Waals surface area contributed by atoms with Gasteiger partial charge in [0.25, 0.3) is 5.91 Å². The van der Waals surface area contributed by atoms with Crippen LogP contribution in [0.15, 0.2) is 24.7 Å². The molecule has 0 spiro atoms. The normalized spacial score (nSPS) is 22.1. The summed E-state index contributed by atoms with van der Waals surface area (Å²) in [6.45, 7) is 3.79. The van der Waals surface area contributed by atoms with Gasteiger partial charge in [0.05, 0.1) is 41.6 Å². The lowest BCUT2D eigenvalue weighted by molar-refractivity contribution is -0.147. The van der Waals surface area contributed by atoms with Crippen LogP contribution in [-0.2, 0) is 11.0 Å². The molecule has 0 bridgehead atoms. The summed E-state index contributed by atoms with van der Waals surface area (Å²) in [5.74, 6) is -1.22. The molecule has 10 nitrogen and oxygen atoms in total. The van der Waals surface area contributed by atoms with E-state index in [9.17, 15) is 22.8 Å². The van der Waals surface area contributed by atoms with Crippen molar-refractivity contribution in [3.05, 3.63) is 47.2 Å². The molecule has 190 valence electrons. The van der Waals surface area contributed by atoms with E-state index >= 15 is 0 Å². The fourth-order valence-corrected chi connectivity index (χ4v) is 5.36. The van der Waals surface area contributed by atoms with Gasteiger partial charge in [-0.3, -0.25) is 14.3 Å². The molecule has 1 aliphatic heterocycles. The van der Waals surface area contributed by atoms with E-state index in [1.54, 1.807) is 19.9 Å². The number of hydrogen-bond acceptors (Lipinski definition) is 6. The molecule has 3 atom stereocenters. The lowest BCUT2D eigenvalue weighted by Gasteiger charge is -2.41. The standard InChI is InChI=1S/C23H25F3N8O2/c1-12-10-17(13(2)31-20(12)34-28-8-9-29-34)32-22(36)16-11-30-33(19(16)23(24,25)26)18-5-3-4-15-14(18)6-7-27-21(15)35/h8-11,14-15,18H,3-7H2,1-2H3,(H,27,35)(H,32,36). The molecule has 3 aromatic heterocycles. The highest BCUT2D eigenvalue weighted by atomic mass is 19.4. The van der Waals surface area contributed by atoms with Crippen LogP contribution in [0.5, 0.6) is 0 Å². The Morgan fingerprint density at radius 1 is 1.14 bits per heavy atom. The lowest BCUT2D eigenvalue weighted by Crippen LogP contribution is -2.47. The van der Waals surface area contributed by atoms with Crippen LogP contribution in [0.25, 0.3) is 5.82 Å². The monoisotopic (exact) mass is 502 g/mol. The van der Waals surface area contributed by atoms with Gasteiger partial charge in [0.2, 0.25) is 5.91 Å². The number of carbonyl (C=O) groups is 2. The zero-order valence-electron chi connectivity index (χ0n) is 19.7.